The topological polar surface area (TPSA) is 69.2 Å². The van der Waals surface area contributed by atoms with Crippen LogP contribution in [0.2, 0.25) is 0 Å². The first kappa shape index (κ1) is 25.5. The van der Waals surface area contributed by atoms with Crippen molar-refractivity contribution in [3.63, 3.8) is 0 Å². The van der Waals surface area contributed by atoms with Gasteiger partial charge in [0.25, 0.3) is 0 Å². The molecular formula is C23H38IN5O2. The molecule has 2 fully saturated rings. The van der Waals surface area contributed by atoms with Gasteiger partial charge in [0, 0.05) is 59.1 Å². The van der Waals surface area contributed by atoms with Crippen molar-refractivity contribution in [3.05, 3.63) is 24.3 Å². The third-order valence-corrected chi connectivity index (χ3v) is 6.50. The van der Waals surface area contributed by atoms with Crippen LogP contribution in [0.5, 0.6) is 5.75 Å². The Bertz CT molecular complexity index is 749. The number of carbonyl (C=O) groups is 1. The van der Waals surface area contributed by atoms with Crippen molar-refractivity contribution in [2.24, 2.45) is 16.3 Å². The highest BCUT2D eigenvalue weighted by Crippen LogP contribution is 2.38. The summed E-state index contributed by atoms with van der Waals surface area (Å²) in [5.74, 6) is 2.46. The van der Waals surface area contributed by atoms with Gasteiger partial charge in [0.05, 0.1) is 12.5 Å². The van der Waals surface area contributed by atoms with E-state index < -0.39 is 0 Å². The first-order valence-corrected chi connectivity index (χ1v) is 11.0. The molecule has 1 aromatic rings. The summed E-state index contributed by atoms with van der Waals surface area (Å²) in [7, 11) is 7.20. The second kappa shape index (κ2) is 11.8. The molecule has 1 amide bonds. The maximum Gasteiger partial charge on any atom is 0.230 e. The van der Waals surface area contributed by atoms with Gasteiger partial charge in [-0.3, -0.25) is 9.79 Å². The zero-order valence-corrected chi connectivity index (χ0v) is 21.6. The first-order valence-electron chi connectivity index (χ1n) is 11.0. The van der Waals surface area contributed by atoms with Gasteiger partial charge in [0.15, 0.2) is 5.96 Å². The number of anilines is 1. The molecule has 1 saturated carbocycles. The van der Waals surface area contributed by atoms with E-state index in [4.69, 9.17) is 4.74 Å². The van der Waals surface area contributed by atoms with Crippen molar-refractivity contribution in [2.75, 3.05) is 59.3 Å². The zero-order valence-electron chi connectivity index (χ0n) is 19.3. The van der Waals surface area contributed by atoms with Crippen LogP contribution in [0.25, 0.3) is 0 Å². The molecule has 174 valence electrons. The second-order valence-corrected chi connectivity index (χ2v) is 8.80. The number of aliphatic imine (C=N–C) groups is 1. The van der Waals surface area contributed by atoms with E-state index in [2.05, 4.69) is 32.7 Å². The SMILES string of the molecule is CN=C(NCC1CCN(c2cccc(OC)c2)C1)NCC1(C(=O)N(C)C)CCCC1.I. The van der Waals surface area contributed by atoms with Gasteiger partial charge in [-0.2, -0.15) is 0 Å². The average Bonchev–Trinajstić information content (AvgIpc) is 3.44. The smallest absolute Gasteiger partial charge is 0.230 e. The minimum atomic E-state index is -0.294. The quantitative estimate of drug-likeness (QED) is 0.315. The number of rotatable bonds is 7. The summed E-state index contributed by atoms with van der Waals surface area (Å²) in [5.41, 5.74) is 0.919. The molecule has 1 aromatic carbocycles. The van der Waals surface area contributed by atoms with Crippen LogP contribution in [-0.2, 0) is 4.79 Å². The zero-order chi connectivity index (χ0) is 21.6. The number of hydrogen-bond acceptors (Lipinski definition) is 4. The largest absolute Gasteiger partial charge is 0.497 e. The third-order valence-electron chi connectivity index (χ3n) is 6.50. The molecule has 1 atom stereocenters. The fourth-order valence-electron chi connectivity index (χ4n) is 4.75. The number of hydrogen-bond donors (Lipinski definition) is 2. The lowest BCUT2D eigenvalue weighted by Crippen LogP contribution is -2.49. The molecule has 1 heterocycles. The highest BCUT2D eigenvalue weighted by atomic mass is 127. The van der Waals surface area contributed by atoms with E-state index in [1.165, 1.54) is 5.69 Å². The van der Waals surface area contributed by atoms with Crippen molar-refractivity contribution >= 4 is 41.5 Å². The van der Waals surface area contributed by atoms with Gasteiger partial charge >= 0.3 is 0 Å². The standard InChI is InChI=1S/C23H37N5O2.HI/c1-24-22(26-17-23(11-5-6-12-23)21(29)27(2)3)25-15-18-10-13-28(16-18)19-8-7-9-20(14-19)30-4;/h7-9,14,18H,5-6,10-13,15-17H2,1-4H3,(H2,24,25,26);1H. The summed E-state index contributed by atoms with van der Waals surface area (Å²) in [6.45, 7) is 3.57. The fraction of sp³-hybridized carbons (Fsp3) is 0.652. The number of guanidine groups is 1. The maximum absolute atomic E-state index is 12.8. The number of amides is 1. The molecule has 2 aliphatic rings. The number of halogens is 1. The molecule has 0 bridgehead atoms. The second-order valence-electron chi connectivity index (χ2n) is 8.80. The van der Waals surface area contributed by atoms with Crippen LogP contribution in [0.1, 0.15) is 32.1 Å². The normalized spacial score (nSPS) is 20.2. The number of benzene rings is 1. The highest BCUT2D eigenvalue weighted by molar-refractivity contribution is 14.0. The molecule has 1 saturated heterocycles. The van der Waals surface area contributed by atoms with E-state index in [-0.39, 0.29) is 35.3 Å². The van der Waals surface area contributed by atoms with Crippen molar-refractivity contribution < 1.29 is 9.53 Å². The molecule has 8 heteroatoms. The highest BCUT2D eigenvalue weighted by Gasteiger charge is 2.42. The van der Waals surface area contributed by atoms with Gasteiger partial charge in [-0.1, -0.05) is 18.9 Å². The number of ether oxygens (including phenoxy) is 1. The van der Waals surface area contributed by atoms with Crippen LogP contribution in [-0.4, -0.2) is 71.2 Å². The third kappa shape index (κ3) is 6.40. The van der Waals surface area contributed by atoms with Gasteiger partial charge in [0.1, 0.15) is 5.75 Å². The summed E-state index contributed by atoms with van der Waals surface area (Å²) in [6.07, 6.45) is 5.29. The van der Waals surface area contributed by atoms with Gasteiger partial charge in [-0.05, 0) is 37.3 Å². The van der Waals surface area contributed by atoms with Crippen LogP contribution < -0.4 is 20.3 Å². The predicted molar refractivity (Wildman–Crippen MR) is 138 cm³/mol. The average molecular weight is 543 g/mol. The molecule has 0 radical (unpaired) electrons. The van der Waals surface area contributed by atoms with E-state index >= 15 is 0 Å². The summed E-state index contributed by atoms with van der Waals surface area (Å²) < 4.78 is 5.35. The van der Waals surface area contributed by atoms with Crippen LogP contribution in [0.3, 0.4) is 0 Å². The number of nitrogens with one attached hydrogen (secondary N) is 2. The lowest BCUT2D eigenvalue weighted by atomic mass is 9.84. The van der Waals surface area contributed by atoms with E-state index in [0.717, 1.165) is 63.4 Å². The summed E-state index contributed by atoms with van der Waals surface area (Å²) in [6, 6.07) is 8.26. The molecule has 2 N–H and O–H groups in total. The molecule has 1 unspecified atom stereocenters. The molecule has 3 rings (SSSR count). The fourth-order valence-corrected chi connectivity index (χ4v) is 4.75. The lowest BCUT2D eigenvalue weighted by Gasteiger charge is -2.31. The Hall–Kier alpha value is -1.71. The molecular weight excluding hydrogens is 505 g/mol. The number of nitrogens with zero attached hydrogens (tertiary/aromatic N) is 3. The Morgan fingerprint density at radius 3 is 2.68 bits per heavy atom. The Morgan fingerprint density at radius 2 is 2.03 bits per heavy atom. The van der Waals surface area contributed by atoms with E-state index in [0.29, 0.717) is 12.5 Å². The number of methoxy groups -OCH3 is 1. The van der Waals surface area contributed by atoms with Crippen LogP contribution in [0, 0.1) is 11.3 Å². The Morgan fingerprint density at radius 1 is 1.29 bits per heavy atom. The van der Waals surface area contributed by atoms with Gasteiger partial charge in [0.2, 0.25) is 5.91 Å². The van der Waals surface area contributed by atoms with E-state index in [1.807, 2.05) is 26.2 Å². The van der Waals surface area contributed by atoms with Crippen molar-refractivity contribution in [3.8, 4) is 5.75 Å². The van der Waals surface area contributed by atoms with Crippen LogP contribution in [0.4, 0.5) is 5.69 Å². The minimum absolute atomic E-state index is 0. The van der Waals surface area contributed by atoms with E-state index in [9.17, 15) is 4.79 Å². The Balaban J connectivity index is 0.00000341. The molecule has 7 nitrogen and oxygen atoms in total. The van der Waals surface area contributed by atoms with E-state index in [1.54, 1.807) is 19.1 Å². The lowest BCUT2D eigenvalue weighted by molar-refractivity contribution is -0.138. The van der Waals surface area contributed by atoms with Crippen molar-refractivity contribution in [1.29, 1.82) is 0 Å². The molecule has 1 aliphatic heterocycles. The maximum atomic E-state index is 12.8. The monoisotopic (exact) mass is 543 g/mol. The van der Waals surface area contributed by atoms with Crippen LogP contribution >= 0.6 is 24.0 Å². The predicted octanol–water partition coefficient (Wildman–Crippen LogP) is 2.95. The van der Waals surface area contributed by atoms with Gasteiger partial charge in [-0.15, -0.1) is 24.0 Å². The summed E-state index contributed by atoms with van der Waals surface area (Å²) in [4.78, 5) is 21.3. The summed E-state index contributed by atoms with van der Waals surface area (Å²) in [5, 5.41) is 6.91. The Labute approximate surface area is 204 Å². The van der Waals surface area contributed by atoms with Gasteiger partial charge in [-0.25, -0.2) is 0 Å². The van der Waals surface area contributed by atoms with Crippen LogP contribution in [0.15, 0.2) is 29.3 Å². The molecule has 0 spiro atoms. The van der Waals surface area contributed by atoms with Crippen molar-refractivity contribution in [2.45, 2.75) is 32.1 Å². The molecule has 1 aliphatic carbocycles. The number of carbonyl (C=O) groups excluding carboxylic acids is 1. The van der Waals surface area contributed by atoms with Crippen molar-refractivity contribution in [1.82, 2.24) is 15.5 Å². The first-order chi connectivity index (χ1) is 14.5. The summed E-state index contributed by atoms with van der Waals surface area (Å²) >= 11 is 0. The minimum Gasteiger partial charge on any atom is -0.497 e. The molecule has 31 heavy (non-hydrogen) atoms. The molecule has 0 aromatic heterocycles. The van der Waals surface area contributed by atoms with Gasteiger partial charge < -0.3 is 25.2 Å². The Kier molecular flexibility index (Phi) is 9.71.